The molecule has 0 aliphatic carbocycles. The number of hydrogen-bond donors (Lipinski definition) is 3. The Labute approximate surface area is 180 Å². The first-order valence-corrected chi connectivity index (χ1v) is 13.2. The maximum atomic E-state index is 11.2. The summed E-state index contributed by atoms with van der Waals surface area (Å²) in [5.74, 6) is -0.864. The van der Waals surface area contributed by atoms with Crippen molar-refractivity contribution < 1.29 is 44.2 Å². The molecule has 0 aliphatic rings. The van der Waals surface area contributed by atoms with Gasteiger partial charge in [-0.25, -0.2) is 8.37 Å². The van der Waals surface area contributed by atoms with Crippen molar-refractivity contribution in [3.63, 3.8) is 0 Å². The third kappa shape index (κ3) is 19.2. The summed E-state index contributed by atoms with van der Waals surface area (Å²) >= 11 is 0. The van der Waals surface area contributed by atoms with Gasteiger partial charge in [-0.3, -0.25) is 13.9 Å². The van der Waals surface area contributed by atoms with Crippen molar-refractivity contribution in [2.75, 3.05) is 0 Å². The molecule has 0 saturated heterocycles. The third-order valence-electron chi connectivity index (χ3n) is 4.63. The lowest BCUT2D eigenvalue weighted by atomic mass is 9.99. The van der Waals surface area contributed by atoms with Gasteiger partial charge in [-0.2, -0.15) is 16.8 Å². The Balaban J connectivity index is 4.77. The number of carboxylic acids is 1. The van der Waals surface area contributed by atoms with E-state index in [1.807, 2.05) is 0 Å². The maximum absolute atomic E-state index is 11.2. The minimum atomic E-state index is -4.85. The summed E-state index contributed by atoms with van der Waals surface area (Å²) in [6, 6.07) is 0. The molecule has 0 bridgehead atoms. The molecule has 10 nitrogen and oxygen atoms in total. The summed E-state index contributed by atoms with van der Waals surface area (Å²) in [4.78, 5) is 10.5. The predicted molar refractivity (Wildman–Crippen MR) is 111 cm³/mol. The molecular formula is C18H36O10S2. The summed E-state index contributed by atoms with van der Waals surface area (Å²) in [5.41, 5.74) is 0. The molecule has 0 rings (SSSR count). The first-order chi connectivity index (χ1) is 13.9. The molecule has 0 fully saturated rings. The molecule has 0 aliphatic heterocycles. The van der Waals surface area contributed by atoms with E-state index >= 15 is 0 Å². The SMILES string of the molecule is CCCCCCCCC(OS(=O)(=O)O)C(CCCCCCCC(=O)O)OS(=O)(=O)O. The standard InChI is InChI=1S/C18H36O10S2/c1-2-3-4-5-7-10-13-16(27-29(21,22)23)17(28-30(24,25)26)14-11-8-6-9-12-15-18(19)20/h16-17H,2-15H2,1H3,(H,19,20)(H,21,22,23)(H,24,25,26). The zero-order valence-electron chi connectivity index (χ0n) is 17.6. The minimum absolute atomic E-state index is 0.0804. The van der Waals surface area contributed by atoms with Gasteiger partial charge in [0.2, 0.25) is 0 Å². The lowest BCUT2D eigenvalue weighted by Gasteiger charge is -2.24. The van der Waals surface area contributed by atoms with Crippen LogP contribution in [-0.2, 0) is 34.0 Å². The van der Waals surface area contributed by atoms with Crippen molar-refractivity contribution in [1.29, 1.82) is 0 Å². The highest BCUT2D eigenvalue weighted by molar-refractivity contribution is 7.81. The third-order valence-corrected chi connectivity index (χ3v) is 5.61. The normalized spacial score (nSPS) is 14.5. The number of unbranched alkanes of at least 4 members (excludes halogenated alkanes) is 9. The van der Waals surface area contributed by atoms with E-state index in [-0.39, 0.29) is 19.3 Å². The molecular weight excluding hydrogens is 440 g/mol. The fourth-order valence-corrected chi connectivity index (χ4v) is 4.25. The van der Waals surface area contributed by atoms with E-state index in [0.29, 0.717) is 38.5 Å². The largest absolute Gasteiger partial charge is 0.481 e. The van der Waals surface area contributed by atoms with Crippen molar-refractivity contribution in [2.45, 2.75) is 109 Å². The van der Waals surface area contributed by atoms with E-state index in [1.54, 1.807) is 0 Å². The number of rotatable bonds is 20. The number of hydrogen-bond acceptors (Lipinski definition) is 7. The molecule has 180 valence electrons. The molecule has 0 heterocycles. The van der Waals surface area contributed by atoms with Gasteiger partial charge in [-0.15, -0.1) is 0 Å². The Kier molecular flexibility index (Phi) is 15.5. The second-order valence-corrected chi connectivity index (χ2v) is 9.48. The topological polar surface area (TPSA) is 164 Å². The van der Waals surface area contributed by atoms with Crippen molar-refractivity contribution in [3.05, 3.63) is 0 Å². The Hall–Kier alpha value is -0.790. The van der Waals surface area contributed by atoms with Crippen molar-refractivity contribution in [1.82, 2.24) is 0 Å². The van der Waals surface area contributed by atoms with Crippen LogP contribution in [0, 0.1) is 0 Å². The van der Waals surface area contributed by atoms with E-state index in [2.05, 4.69) is 15.3 Å². The fraction of sp³-hybridized carbons (Fsp3) is 0.944. The van der Waals surface area contributed by atoms with Gasteiger partial charge in [-0.1, -0.05) is 71.1 Å². The minimum Gasteiger partial charge on any atom is -0.481 e. The number of carbonyl (C=O) groups is 1. The monoisotopic (exact) mass is 476 g/mol. The van der Waals surface area contributed by atoms with Crippen LogP contribution in [0.5, 0.6) is 0 Å². The molecule has 0 aromatic heterocycles. The fourth-order valence-electron chi connectivity index (χ4n) is 3.18. The van der Waals surface area contributed by atoms with Crippen molar-refractivity contribution in [3.8, 4) is 0 Å². The molecule has 0 amide bonds. The quantitative estimate of drug-likeness (QED) is 0.173. The highest BCUT2D eigenvalue weighted by atomic mass is 32.3. The molecule has 0 aromatic carbocycles. The van der Waals surface area contributed by atoms with E-state index < -0.39 is 39.0 Å². The number of aliphatic carboxylic acids is 1. The van der Waals surface area contributed by atoms with E-state index in [9.17, 15) is 21.6 Å². The highest BCUT2D eigenvalue weighted by Crippen LogP contribution is 2.22. The maximum Gasteiger partial charge on any atom is 0.397 e. The summed E-state index contributed by atoms with van der Waals surface area (Å²) in [6.45, 7) is 2.08. The first-order valence-electron chi connectivity index (χ1n) is 10.5. The summed E-state index contributed by atoms with van der Waals surface area (Å²) in [7, 11) is -9.69. The van der Waals surface area contributed by atoms with Crippen LogP contribution in [0.15, 0.2) is 0 Å². The van der Waals surface area contributed by atoms with Crippen LogP contribution in [0.4, 0.5) is 0 Å². The van der Waals surface area contributed by atoms with E-state index in [4.69, 9.17) is 14.2 Å². The molecule has 2 atom stereocenters. The van der Waals surface area contributed by atoms with Gasteiger partial charge in [0.05, 0.1) is 0 Å². The van der Waals surface area contributed by atoms with Crippen molar-refractivity contribution >= 4 is 26.8 Å². The van der Waals surface area contributed by atoms with Gasteiger partial charge in [0.1, 0.15) is 12.2 Å². The summed E-state index contributed by atoms with van der Waals surface area (Å²) in [6.07, 6.45) is 6.31. The smallest absolute Gasteiger partial charge is 0.397 e. The van der Waals surface area contributed by atoms with Crippen LogP contribution in [0.2, 0.25) is 0 Å². The van der Waals surface area contributed by atoms with Gasteiger partial charge in [-0.05, 0) is 19.3 Å². The molecule has 12 heteroatoms. The second-order valence-electron chi connectivity index (χ2n) is 7.38. The van der Waals surface area contributed by atoms with Crippen LogP contribution >= 0.6 is 0 Å². The van der Waals surface area contributed by atoms with E-state index in [1.165, 1.54) is 0 Å². The molecule has 0 spiro atoms. The molecule has 30 heavy (non-hydrogen) atoms. The van der Waals surface area contributed by atoms with Gasteiger partial charge >= 0.3 is 26.8 Å². The first kappa shape index (κ1) is 29.2. The van der Waals surface area contributed by atoms with Gasteiger partial charge in [0, 0.05) is 6.42 Å². The highest BCUT2D eigenvalue weighted by Gasteiger charge is 2.30. The Morgan fingerprint density at radius 2 is 1.07 bits per heavy atom. The van der Waals surface area contributed by atoms with Crippen LogP contribution in [0.25, 0.3) is 0 Å². The Morgan fingerprint density at radius 1 is 0.700 bits per heavy atom. The van der Waals surface area contributed by atoms with Crippen LogP contribution in [0.1, 0.15) is 96.8 Å². The molecule has 0 radical (unpaired) electrons. The average Bonchev–Trinajstić information content (AvgIpc) is 2.59. The van der Waals surface area contributed by atoms with Crippen LogP contribution in [0.3, 0.4) is 0 Å². The molecule has 2 unspecified atom stereocenters. The van der Waals surface area contributed by atoms with Gasteiger partial charge in [0.25, 0.3) is 0 Å². The molecule has 0 saturated carbocycles. The Morgan fingerprint density at radius 3 is 1.43 bits per heavy atom. The van der Waals surface area contributed by atoms with Gasteiger partial charge < -0.3 is 5.11 Å². The predicted octanol–water partition coefficient (Wildman–Crippen LogP) is 3.93. The van der Waals surface area contributed by atoms with Crippen LogP contribution < -0.4 is 0 Å². The van der Waals surface area contributed by atoms with Crippen LogP contribution in [-0.4, -0.2) is 49.2 Å². The zero-order valence-corrected chi connectivity index (χ0v) is 19.2. The molecule has 3 N–H and O–H groups in total. The number of carboxylic acid groups (broad SMARTS) is 1. The zero-order chi connectivity index (χ0) is 23.0. The lowest BCUT2D eigenvalue weighted by molar-refractivity contribution is -0.137. The van der Waals surface area contributed by atoms with Crippen molar-refractivity contribution in [2.24, 2.45) is 0 Å². The summed E-state index contributed by atoms with van der Waals surface area (Å²) in [5, 5.41) is 8.60. The second kappa shape index (κ2) is 15.9. The van der Waals surface area contributed by atoms with Gasteiger partial charge in [0.15, 0.2) is 0 Å². The van der Waals surface area contributed by atoms with E-state index in [0.717, 1.165) is 32.1 Å². The average molecular weight is 477 g/mol. The Bertz CT molecular complexity index is 660. The summed E-state index contributed by atoms with van der Waals surface area (Å²) < 4.78 is 72.2. The molecule has 0 aromatic rings. The lowest BCUT2D eigenvalue weighted by Crippen LogP contribution is -2.35.